The van der Waals surface area contributed by atoms with Gasteiger partial charge in [-0.15, -0.1) is 10.2 Å². The Hall–Kier alpha value is -4.13. The molecule has 1 aromatic heterocycles. The molecule has 32 heavy (non-hydrogen) atoms. The Balaban J connectivity index is 1.94. The molecule has 0 aliphatic carbocycles. The number of hydrogen-bond acceptors (Lipinski definition) is 9. The molecule has 0 aliphatic heterocycles. The van der Waals surface area contributed by atoms with Crippen LogP contribution in [0.1, 0.15) is 20.7 Å². The topological polar surface area (TPSA) is 164 Å². The molecule has 12 nitrogen and oxygen atoms in total. The van der Waals surface area contributed by atoms with Crippen molar-refractivity contribution in [1.29, 1.82) is 0 Å². The van der Waals surface area contributed by atoms with Crippen LogP contribution < -0.4 is 20.5 Å². The SMILES string of the molecule is COc1cc(NC(=O)c2ccc(Sc3nncn3C)c([N+](=O)[O-])c2)c(C(N)=O)cc1OC. The summed E-state index contributed by atoms with van der Waals surface area (Å²) in [7, 11) is 4.49. The van der Waals surface area contributed by atoms with Crippen molar-refractivity contribution in [2.75, 3.05) is 19.5 Å². The maximum absolute atomic E-state index is 12.8. The number of methoxy groups -OCH3 is 2. The van der Waals surface area contributed by atoms with Crippen LogP contribution in [0.15, 0.2) is 46.7 Å². The maximum Gasteiger partial charge on any atom is 0.284 e. The maximum atomic E-state index is 12.8. The first-order valence-corrected chi connectivity index (χ1v) is 9.74. The molecule has 3 aromatic rings. The van der Waals surface area contributed by atoms with E-state index in [1.54, 1.807) is 11.6 Å². The summed E-state index contributed by atoms with van der Waals surface area (Å²) in [6.45, 7) is 0. The Labute approximate surface area is 185 Å². The zero-order chi connectivity index (χ0) is 23.4. The molecule has 3 N–H and O–H groups in total. The number of benzene rings is 2. The van der Waals surface area contributed by atoms with E-state index in [-0.39, 0.29) is 38.9 Å². The Morgan fingerprint density at radius 1 is 1.19 bits per heavy atom. The molecule has 2 aromatic carbocycles. The summed E-state index contributed by atoms with van der Waals surface area (Å²) in [6, 6.07) is 6.71. The first-order chi connectivity index (χ1) is 15.2. The van der Waals surface area contributed by atoms with E-state index in [1.807, 2.05) is 0 Å². The molecule has 0 bridgehead atoms. The lowest BCUT2D eigenvalue weighted by atomic mass is 10.1. The van der Waals surface area contributed by atoms with Gasteiger partial charge in [-0.3, -0.25) is 19.7 Å². The van der Waals surface area contributed by atoms with Crippen molar-refractivity contribution in [3.63, 3.8) is 0 Å². The minimum Gasteiger partial charge on any atom is -0.493 e. The minimum atomic E-state index is -0.803. The number of amides is 2. The van der Waals surface area contributed by atoms with Gasteiger partial charge in [0.2, 0.25) is 0 Å². The standard InChI is InChI=1S/C19H18N6O6S/c1-24-9-21-23-19(24)32-16-5-4-10(6-13(16)25(28)29)18(27)22-12-8-15(31-3)14(30-2)7-11(12)17(20)26/h4-9H,1-3H3,(H2,20,26)(H,22,27). The van der Waals surface area contributed by atoms with Gasteiger partial charge in [0.1, 0.15) is 6.33 Å². The second-order valence-electron chi connectivity index (χ2n) is 6.34. The van der Waals surface area contributed by atoms with Crippen LogP contribution in [-0.4, -0.2) is 45.7 Å². The number of aryl methyl sites for hydroxylation is 1. The first kappa shape index (κ1) is 22.6. The van der Waals surface area contributed by atoms with Crippen LogP contribution in [0.3, 0.4) is 0 Å². The Bertz CT molecular complexity index is 1210. The summed E-state index contributed by atoms with van der Waals surface area (Å²) in [5.41, 5.74) is 5.19. The first-order valence-electron chi connectivity index (χ1n) is 8.92. The van der Waals surface area contributed by atoms with Gasteiger partial charge < -0.3 is 25.1 Å². The predicted molar refractivity (Wildman–Crippen MR) is 114 cm³/mol. The molecule has 0 saturated carbocycles. The van der Waals surface area contributed by atoms with Crippen molar-refractivity contribution in [2.24, 2.45) is 12.8 Å². The lowest BCUT2D eigenvalue weighted by Crippen LogP contribution is -2.19. The van der Waals surface area contributed by atoms with Gasteiger partial charge in [0, 0.05) is 24.7 Å². The number of nitro benzene ring substituents is 1. The number of nitrogens with zero attached hydrogens (tertiary/aromatic N) is 4. The van der Waals surface area contributed by atoms with Gasteiger partial charge in [0.25, 0.3) is 17.5 Å². The lowest BCUT2D eigenvalue weighted by molar-refractivity contribution is -0.387. The Morgan fingerprint density at radius 3 is 2.44 bits per heavy atom. The zero-order valence-corrected chi connectivity index (χ0v) is 18.0. The normalized spacial score (nSPS) is 10.5. The molecular weight excluding hydrogens is 440 g/mol. The van der Waals surface area contributed by atoms with Gasteiger partial charge in [-0.1, -0.05) is 0 Å². The van der Waals surface area contributed by atoms with Crippen molar-refractivity contribution < 1.29 is 24.0 Å². The number of primary amides is 1. The largest absolute Gasteiger partial charge is 0.493 e. The number of ether oxygens (including phenoxy) is 2. The van der Waals surface area contributed by atoms with Crippen LogP contribution in [0, 0.1) is 10.1 Å². The molecule has 0 spiro atoms. The van der Waals surface area contributed by atoms with E-state index in [2.05, 4.69) is 15.5 Å². The lowest BCUT2D eigenvalue weighted by Gasteiger charge is -2.14. The summed E-state index contributed by atoms with van der Waals surface area (Å²) >= 11 is 1.04. The second-order valence-corrected chi connectivity index (χ2v) is 7.35. The number of nitro groups is 1. The molecule has 0 radical (unpaired) electrons. The van der Waals surface area contributed by atoms with E-state index in [0.29, 0.717) is 5.16 Å². The zero-order valence-electron chi connectivity index (χ0n) is 17.2. The number of rotatable bonds is 8. The van der Waals surface area contributed by atoms with E-state index in [0.717, 1.165) is 17.8 Å². The molecule has 3 rings (SSSR count). The van der Waals surface area contributed by atoms with Crippen LogP contribution in [0.2, 0.25) is 0 Å². The van der Waals surface area contributed by atoms with Crippen molar-refractivity contribution >= 4 is 35.0 Å². The number of anilines is 1. The summed E-state index contributed by atoms with van der Waals surface area (Å²) in [6.07, 6.45) is 1.47. The second kappa shape index (κ2) is 9.34. The number of carbonyl (C=O) groups excluding carboxylic acids is 2. The fourth-order valence-corrected chi connectivity index (χ4v) is 3.58. The van der Waals surface area contributed by atoms with Crippen molar-refractivity contribution in [2.45, 2.75) is 10.1 Å². The van der Waals surface area contributed by atoms with Gasteiger partial charge in [-0.05, 0) is 30.0 Å². The van der Waals surface area contributed by atoms with Crippen LogP contribution in [0.5, 0.6) is 11.5 Å². The molecule has 0 atom stereocenters. The third-order valence-corrected chi connectivity index (χ3v) is 5.44. The van der Waals surface area contributed by atoms with E-state index >= 15 is 0 Å². The highest BCUT2D eigenvalue weighted by Gasteiger charge is 2.22. The smallest absolute Gasteiger partial charge is 0.284 e. The van der Waals surface area contributed by atoms with Crippen molar-refractivity contribution in [3.8, 4) is 11.5 Å². The van der Waals surface area contributed by atoms with Crippen LogP contribution in [0.4, 0.5) is 11.4 Å². The number of aromatic nitrogens is 3. The monoisotopic (exact) mass is 458 g/mol. The van der Waals surface area contributed by atoms with Gasteiger partial charge >= 0.3 is 0 Å². The highest BCUT2D eigenvalue weighted by molar-refractivity contribution is 7.99. The third-order valence-electron chi connectivity index (χ3n) is 4.33. The van der Waals surface area contributed by atoms with E-state index < -0.39 is 16.7 Å². The summed E-state index contributed by atoms with van der Waals surface area (Å²) in [4.78, 5) is 35.9. The molecule has 166 valence electrons. The molecule has 13 heteroatoms. The van der Waals surface area contributed by atoms with Gasteiger partial charge in [0.05, 0.1) is 35.3 Å². The summed E-state index contributed by atoms with van der Waals surface area (Å²) in [5.74, 6) is -0.977. The number of nitrogens with two attached hydrogens (primary N) is 1. The molecule has 0 unspecified atom stereocenters. The highest BCUT2D eigenvalue weighted by atomic mass is 32.2. The van der Waals surface area contributed by atoms with Gasteiger partial charge in [0.15, 0.2) is 16.7 Å². The van der Waals surface area contributed by atoms with Gasteiger partial charge in [-0.25, -0.2) is 0 Å². The van der Waals surface area contributed by atoms with Crippen LogP contribution in [-0.2, 0) is 7.05 Å². The minimum absolute atomic E-state index is 0.00391. The number of nitrogens with one attached hydrogen (secondary N) is 1. The number of hydrogen-bond donors (Lipinski definition) is 2. The van der Waals surface area contributed by atoms with E-state index in [9.17, 15) is 19.7 Å². The molecule has 1 heterocycles. The van der Waals surface area contributed by atoms with Crippen molar-refractivity contribution in [1.82, 2.24) is 14.8 Å². The Morgan fingerprint density at radius 2 is 1.88 bits per heavy atom. The predicted octanol–water partition coefficient (Wildman–Crippen LogP) is 2.24. The molecule has 0 aliphatic rings. The molecule has 0 fully saturated rings. The average molecular weight is 458 g/mol. The van der Waals surface area contributed by atoms with E-state index in [1.165, 1.54) is 44.8 Å². The fourth-order valence-electron chi connectivity index (χ4n) is 2.73. The summed E-state index contributed by atoms with van der Waals surface area (Å²) < 4.78 is 11.9. The molecule has 2 amide bonds. The van der Waals surface area contributed by atoms with Crippen LogP contribution >= 0.6 is 11.8 Å². The molecular formula is C19H18N6O6S. The molecule has 0 saturated heterocycles. The van der Waals surface area contributed by atoms with Crippen molar-refractivity contribution in [3.05, 3.63) is 57.9 Å². The van der Waals surface area contributed by atoms with Crippen LogP contribution in [0.25, 0.3) is 0 Å². The van der Waals surface area contributed by atoms with E-state index in [4.69, 9.17) is 15.2 Å². The quantitative estimate of drug-likeness (QED) is 0.380. The summed E-state index contributed by atoms with van der Waals surface area (Å²) in [5, 5.41) is 22.2. The Kier molecular flexibility index (Phi) is 6.59. The number of carbonyl (C=O) groups is 2. The highest BCUT2D eigenvalue weighted by Crippen LogP contribution is 2.35. The third kappa shape index (κ3) is 4.62. The average Bonchev–Trinajstić information content (AvgIpc) is 3.17. The van der Waals surface area contributed by atoms with Gasteiger partial charge in [-0.2, -0.15) is 0 Å². The fraction of sp³-hybridized carbons (Fsp3) is 0.158.